The zero-order valence-electron chi connectivity index (χ0n) is 14.3. The van der Waals surface area contributed by atoms with Gasteiger partial charge in [-0.2, -0.15) is 0 Å². The summed E-state index contributed by atoms with van der Waals surface area (Å²) in [4.78, 5) is 23.0. The van der Waals surface area contributed by atoms with Crippen LogP contribution in [0.3, 0.4) is 0 Å². The Labute approximate surface area is 142 Å². The monoisotopic (exact) mass is 334 g/mol. The maximum absolute atomic E-state index is 12.0. The summed E-state index contributed by atoms with van der Waals surface area (Å²) < 4.78 is 11.1. The smallest absolute Gasteiger partial charge is 0.234 e. The summed E-state index contributed by atoms with van der Waals surface area (Å²) in [7, 11) is 0. The number of aromatic nitrogens is 2. The highest BCUT2D eigenvalue weighted by Crippen LogP contribution is 2.32. The summed E-state index contributed by atoms with van der Waals surface area (Å²) in [6.07, 6.45) is 6.74. The molecular formula is C17H26N4O3. The van der Waals surface area contributed by atoms with Crippen LogP contribution in [0.15, 0.2) is 12.4 Å². The van der Waals surface area contributed by atoms with Gasteiger partial charge in [0.05, 0.1) is 19.8 Å². The molecule has 0 bridgehead atoms. The Hall–Kier alpha value is -1.57. The fourth-order valence-corrected chi connectivity index (χ4v) is 3.05. The Morgan fingerprint density at radius 3 is 2.67 bits per heavy atom. The summed E-state index contributed by atoms with van der Waals surface area (Å²) in [6, 6.07) is 0. The van der Waals surface area contributed by atoms with E-state index in [1.807, 2.05) is 6.92 Å². The topological polar surface area (TPSA) is 76.6 Å². The van der Waals surface area contributed by atoms with Crippen molar-refractivity contribution >= 4 is 5.91 Å². The van der Waals surface area contributed by atoms with Crippen molar-refractivity contribution in [1.82, 2.24) is 20.2 Å². The second kappa shape index (κ2) is 8.00. The lowest BCUT2D eigenvalue weighted by Gasteiger charge is -2.32. The number of rotatable bonds is 5. The molecule has 132 valence electrons. The summed E-state index contributed by atoms with van der Waals surface area (Å²) in [5.41, 5.74) is 0.518. The lowest BCUT2D eigenvalue weighted by Crippen LogP contribution is -2.43. The minimum atomic E-state index is -0.379. The minimum Gasteiger partial charge on any atom is -0.379 e. The molecule has 0 aromatic carbocycles. The molecule has 2 aliphatic rings. The quantitative estimate of drug-likeness (QED) is 0.860. The molecule has 3 heterocycles. The molecule has 0 saturated carbocycles. The van der Waals surface area contributed by atoms with Gasteiger partial charge in [0.1, 0.15) is 5.60 Å². The normalized spacial score (nSPS) is 25.4. The number of hydrogen-bond acceptors (Lipinski definition) is 6. The lowest BCUT2D eigenvalue weighted by atomic mass is 9.95. The highest BCUT2D eigenvalue weighted by molar-refractivity contribution is 5.77. The van der Waals surface area contributed by atoms with Crippen molar-refractivity contribution in [2.45, 2.75) is 38.3 Å². The van der Waals surface area contributed by atoms with Crippen molar-refractivity contribution in [3.05, 3.63) is 23.8 Å². The van der Waals surface area contributed by atoms with Crippen LogP contribution in [0, 0.1) is 0 Å². The zero-order valence-corrected chi connectivity index (χ0v) is 14.3. The summed E-state index contributed by atoms with van der Waals surface area (Å²) >= 11 is 0. The Balaban J connectivity index is 1.48. The number of amides is 1. The van der Waals surface area contributed by atoms with E-state index >= 15 is 0 Å². The zero-order chi connectivity index (χ0) is 16.8. The predicted molar refractivity (Wildman–Crippen MR) is 88.3 cm³/mol. The summed E-state index contributed by atoms with van der Waals surface area (Å²) in [6.45, 7) is 6.68. The van der Waals surface area contributed by atoms with Crippen LogP contribution in [0.4, 0.5) is 0 Å². The molecule has 0 aliphatic carbocycles. The van der Waals surface area contributed by atoms with Gasteiger partial charge in [-0.3, -0.25) is 9.69 Å². The van der Waals surface area contributed by atoms with E-state index in [9.17, 15) is 4.79 Å². The fourth-order valence-electron chi connectivity index (χ4n) is 3.05. The van der Waals surface area contributed by atoms with E-state index in [1.165, 1.54) is 0 Å². The number of carbonyl (C=O) groups is 1. The summed E-state index contributed by atoms with van der Waals surface area (Å²) in [5, 5.41) is 2.92. The number of ether oxygens (including phenoxy) is 2. The average Bonchev–Trinajstić information content (AvgIpc) is 2.62. The highest BCUT2D eigenvalue weighted by atomic mass is 16.5. The van der Waals surface area contributed by atoms with Gasteiger partial charge in [0.15, 0.2) is 5.82 Å². The van der Waals surface area contributed by atoms with Gasteiger partial charge in [-0.15, -0.1) is 0 Å². The maximum Gasteiger partial charge on any atom is 0.234 e. The van der Waals surface area contributed by atoms with E-state index in [1.54, 1.807) is 12.4 Å². The Morgan fingerprint density at radius 2 is 2.00 bits per heavy atom. The van der Waals surface area contributed by atoms with Crippen LogP contribution < -0.4 is 5.32 Å². The number of carbonyl (C=O) groups excluding carboxylic acids is 1. The third kappa shape index (κ3) is 4.49. The first-order chi connectivity index (χ1) is 11.7. The molecule has 0 spiro atoms. The van der Waals surface area contributed by atoms with Gasteiger partial charge < -0.3 is 14.8 Å². The van der Waals surface area contributed by atoms with E-state index < -0.39 is 0 Å². The standard InChI is InChI=1S/C17H26N4O3/c1-17(4-2-3-7-24-17)16-19-11-14(12-20-16)10-18-15(22)13-21-5-8-23-9-6-21/h11-12H,2-10,13H2,1H3,(H,18,22)/t17-/m0/s1. The molecule has 3 rings (SSSR count). The lowest BCUT2D eigenvalue weighted by molar-refractivity contribution is -0.123. The average molecular weight is 334 g/mol. The number of hydrogen-bond donors (Lipinski definition) is 1. The van der Waals surface area contributed by atoms with Crippen LogP contribution >= 0.6 is 0 Å². The molecule has 1 amide bonds. The molecule has 2 saturated heterocycles. The van der Waals surface area contributed by atoms with Crippen molar-refractivity contribution in [3.63, 3.8) is 0 Å². The predicted octanol–water partition coefficient (Wildman–Crippen LogP) is 0.841. The van der Waals surface area contributed by atoms with Crippen LogP contribution in [0.2, 0.25) is 0 Å². The van der Waals surface area contributed by atoms with Gasteiger partial charge in [-0.1, -0.05) is 0 Å². The van der Waals surface area contributed by atoms with Gasteiger partial charge in [0.2, 0.25) is 5.91 Å². The minimum absolute atomic E-state index is 0.0172. The SMILES string of the molecule is C[C@@]1(c2ncc(CNC(=O)CN3CCOCC3)cn2)CCCCO1. The molecule has 7 nitrogen and oxygen atoms in total. The van der Waals surface area contributed by atoms with Crippen molar-refractivity contribution in [3.8, 4) is 0 Å². The molecule has 1 N–H and O–H groups in total. The van der Waals surface area contributed by atoms with E-state index in [0.29, 0.717) is 26.3 Å². The number of nitrogens with one attached hydrogen (secondary N) is 1. The van der Waals surface area contributed by atoms with Gasteiger partial charge in [0.25, 0.3) is 0 Å². The first-order valence-corrected chi connectivity index (χ1v) is 8.68. The van der Waals surface area contributed by atoms with E-state index in [2.05, 4.69) is 20.2 Å². The third-order valence-corrected chi connectivity index (χ3v) is 4.61. The van der Waals surface area contributed by atoms with Crippen molar-refractivity contribution in [1.29, 1.82) is 0 Å². The van der Waals surface area contributed by atoms with Crippen LogP contribution in [0.5, 0.6) is 0 Å². The number of morpholine rings is 1. The van der Waals surface area contributed by atoms with Crippen LogP contribution in [0.1, 0.15) is 37.6 Å². The number of nitrogens with zero attached hydrogens (tertiary/aromatic N) is 3. The first-order valence-electron chi connectivity index (χ1n) is 8.68. The van der Waals surface area contributed by atoms with Crippen LogP contribution in [-0.4, -0.2) is 60.2 Å². The Bertz CT molecular complexity index is 537. The van der Waals surface area contributed by atoms with Gasteiger partial charge in [-0.05, 0) is 26.2 Å². The van der Waals surface area contributed by atoms with E-state index in [-0.39, 0.29) is 11.5 Å². The second-order valence-electron chi connectivity index (χ2n) is 6.62. The molecule has 1 aromatic rings. The third-order valence-electron chi connectivity index (χ3n) is 4.61. The maximum atomic E-state index is 12.0. The fraction of sp³-hybridized carbons (Fsp3) is 0.706. The Kier molecular flexibility index (Phi) is 5.76. The van der Waals surface area contributed by atoms with Crippen LogP contribution in [-0.2, 0) is 26.4 Å². The second-order valence-corrected chi connectivity index (χ2v) is 6.62. The van der Waals surface area contributed by atoms with Crippen molar-refractivity contribution < 1.29 is 14.3 Å². The van der Waals surface area contributed by atoms with Crippen molar-refractivity contribution in [2.24, 2.45) is 0 Å². The molecule has 1 aromatic heterocycles. The molecule has 1 atom stereocenters. The molecule has 2 aliphatic heterocycles. The molecule has 0 radical (unpaired) electrons. The first kappa shape index (κ1) is 17.3. The summed E-state index contributed by atoms with van der Waals surface area (Å²) in [5.74, 6) is 0.745. The highest BCUT2D eigenvalue weighted by Gasteiger charge is 2.32. The molecule has 0 unspecified atom stereocenters. The van der Waals surface area contributed by atoms with Crippen molar-refractivity contribution in [2.75, 3.05) is 39.5 Å². The van der Waals surface area contributed by atoms with Gasteiger partial charge in [0, 0.05) is 44.2 Å². The molecule has 2 fully saturated rings. The van der Waals surface area contributed by atoms with Gasteiger partial charge >= 0.3 is 0 Å². The van der Waals surface area contributed by atoms with E-state index in [4.69, 9.17) is 9.47 Å². The Morgan fingerprint density at radius 1 is 1.25 bits per heavy atom. The van der Waals surface area contributed by atoms with Gasteiger partial charge in [-0.25, -0.2) is 9.97 Å². The van der Waals surface area contributed by atoms with Crippen LogP contribution in [0.25, 0.3) is 0 Å². The molecule has 7 heteroatoms. The molecule has 24 heavy (non-hydrogen) atoms. The largest absolute Gasteiger partial charge is 0.379 e. The van der Waals surface area contributed by atoms with E-state index in [0.717, 1.165) is 50.3 Å². The molecular weight excluding hydrogens is 308 g/mol.